The molecule has 0 saturated carbocycles. The number of aromatic carboxylic acids is 1. The van der Waals surface area contributed by atoms with Gasteiger partial charge in [0.1, 0.15) is 5.82 Å². The van der Waals surface area contributed by atoms with Crippen molar-refractivity contribution < 1.29 is 9.90 Å². The molecule has 5 heteroatoms. The van der Waals surface area contributed by atoms with Gasteiger partial charge < -0.3 is 10.4 Å². The van der Waals surface area contributed by atoms with Crippen LogP contribution in [0.25, 0.3) is 0 Å². The van der Waals surface area contributed by atoms with Crippen LogP contribution in [0.15, 0.2) is 30.5 Å². The van der Waals surface area contributed by atoms with Gasteiger partial charge in [0.2, 0.25) is 0 Å². The van der Waals surface area contributed by atoms with Crippen LogP contribution in [0.3, 0.4) is 0 Å². The molecule has 0 aliphatic heterocycles. The number of carbonyl (C=O) groups is 1. The Labute approximate surface area is 103 Å². The Morgan fingerprint density at radius 1 is 1.47 bits per heavy atom. The predicted molar refractivity (Wildman–Crippen MR) is 67.6 cm³/mol. The van der Waals surface area contributed by atoms with Crippen molar-refractivity contribution in [2.75, 3.05) is 5.32 Å². The van der Waals surface area contributed by atoms with E-state index in [0.29, 0.717) is 12.4 Å². The van der Waals surface area contributed by atoms with E-state index >= 15 is 0 Å². The zero-order chi connectivity index (χ0) is 12.3. The van der Waals surface area contributed by atoms with Crippen molar-refractivity contribution in [3.8, 4) is 0 Å². The summed E-state index contributed by atoms with van der Waals surface area (Å²) in [6.07, 6.45) is 1.49. The largest absolute Gasteiger partial charge is 0.478 e. The molecule has 88 valence electrons. The molecule has 2 N–H and O–H groups in total. The third-order valence-electron chi connectivity index (χ3n) is 2.25. The fourth-order valence-corrected chi connectivity index (χ4v) is 2.25. The number of aromatic nitrogens is 1. The van der Waals surface area contributed by atoms with Gasteiger partial charge in [-0.3, -0.25) is 0 Å². The Bertz CT molecular complexity index is 537. The van der Waals surface area contributed by atoms with Crippen molar-refractivity contribution in [3.05, 3.63) is 45.8 Å². The van der Waals surface area contributed by atoms with Crippen LogP contribution in [0.1, 0.15) is 20.1 Å². The van der Waals surface area contributed by atoms with Crippen LogP contribution in [0.4, 0.5) is 5.82 Å². The predicted octanol–water partition coefficient (Wildman–Crippen LogP) is 2.76. The van der Waals surface area contributed by atoms with E-state index in [1.807, 2.05) is 6.07 Å². The van der Waals surface area contributed by atoms with Crippen molar-refractivity contribution in [1.82, 2.24) is 4.98 Å². The molecule has 2 aromatic heterocycles. The summed E-state index contributed by atoms with van der Waals surface area (Å²) in [4.78, 5) is 17.3. The van der Waals surface area contributed by atoms with Crippen molar-refractivity contribution in [2.24, 2.45) is 0 Å². The first-order valence-electron chi connectivity index (χ1n) is 5.13. The molecule has 0 spiro atoms. The molecule has 0 radical (unpaired) electrons. The van der Waals surface area contributed by atoms with Gasteiger partial charge in [0.15, 0.2) is 0 Å². The molecular weight excluding hydrogens is 236 g/mol. The number of anilines is 1. The fraction of sp³-hybridized carbons (Fsp3) is 0.167. The lowest BCUT2D eigenvalue weighted by Gasteiger charge is -2.04. The molecule has 0 aromatic carbocycles. The Kier molecular flexibility index (Phi) is 3.39. The van der Waals surface area contributed by atoms with E-state index in [1.165, 1.54) is 28.1 Å². The summed E-state index contributed by atoms with van der Waals surface area (Å²) < 4.78 is 0. The molecule has 0 aliphatic rings. The monoisotopic (exact) mass is 248 g/mol. The van der Waals surface area contributed by atoms with Crippen LogP contribution in [0.2, 0.25) is 0 Å². The summed E-state index contributed by atoms with van der Waals surface area (Å²) >= 11 is 1.71. The number of nitrogens with one attached hydrogen (secondary N) is 1. The zero-order valence-electron chi connectivity index (χ0n) is 9.30. The van der Waals surface area contributed by atoms with Gasteiger partial charge in [-0.25, -0.2) is 9.78 Å². The summed E-state index contributed by atoms with van der Waals surface area (Å²) in [7, 11) is 0. The first-order chi connectivity index (χ1) is 8.15. The molecule has 4 nitrogen and oxygen atoms in total. The Hall–Kier alpha value is -1.88. The molecule has 17 heavy (non-hydrogen) atoms. The highest BCUT2D eigenvalue weighted by Gasteiger charge is 2.04. The second-order valence-electron chi connectivity index (χ2n) is 3.60. The number of carboxylic acid groups (broad SMARTS) is 1. The van der Waals surface area contributed by atoms with E-state index in [4.69, 9.17) is 5.11 Å². The topological polar surface area (TPSA) is 62.2 Å². The third kappa shape index (κ3) is 3.04. The van der Waals surface area contributed by atoms with Crippen LogP contribution in [0.5, 0.6) is 0 Å². The minimum Gasteiger partial charge on any atom is -0.478 e. The molecule has 2 rings (SSSR count). The SMILES string of the molecule is Cc1ccc(CNc2cc(C(=O)O)ccn2)s1. The maximum atomic E-state index is 10.8. The molecule has 0 amide bonds. The van der Waals surface area contributed by atoms with Gasteiger partial charge in [0, 0.05) is 16.0 Å². The first-order valence-corrected chi connectivity index (χ1v) is 5.95. The molecule has 2 heterocycles. The normalized spacial score (nSPS) is 10.2. The average molecular weight is 248 g/mol. The smallest absolute Gasteiger partial charge is 0.335 e. The Morgan fingerprint density at radius 2 is 2.29 bits per heavy atom. The number of thiophene rings is 1. The van der Waals surface area contributed by atoms with Gasteiger partial charge >= 0.3 is 5.97 Å². The van der Waals surface area contributed by atoms with Gasteiger partial charge in [-0.2, -0.15) is 0 Å². The lowest BCUT2D eigenvalue weighted by atomic mass is 10.2. The van der Waals surface area contributed by atoms with E-state index in [-0.39, 0.29) is 5.56 Å². The van der Waals surface area contributed by atoms with Crippen molar-refractivity contribution in [1.29, 1.82) is 0 Å². The number of hydrogen-bond acceptors (Lipinski definition) is 4. The van der Waals surface area contributed by atoms with Gasteiger partial charge in [-0.15, -0.1) is 11.3 Å². The third-order valence-corrected chi connectivity index (χ3v) is 3.25. The summed E-state index contributed by atoms with van der Waals surface area (Å²) in [5, 5.41) is 11.9. The van der Waals surface area contributed by atoms with Gasteiger partial charge in [-0.05, 0) is 31.2 Å². The zero-order valence-corrected chi connectivity index (χ0v) is 10.1. The highest BCUT2D eigenvalue weighted by molar-refractivity contribution is 7.11. The molecule has 0 fully saturated rings. The highest BCUT2D eigenvalue weighted by Crippen LogP contribution is 2.16. The van der Waals surface area contributed by atoms with Crippen molar-refractivity contribution >= 4 is 23.1 Å². The standard InChI is InChI=1S/C12H12N2O2S/c1-8-2-3-10(17-8)7-14-11-6-9(12(15)16)4-5-13-11/h2-6H,7H2,1H3,(H,13,14)(H,15,16). The van der Waals surface area contributed by atoms with Crippen LogP contribution >= 0.6 is 11.3 Å². The summed E-state index contributed by atoms with van der Waals surface area (Å²) in [6, 6.07) is 7.11. The van der Waals surface area contributed by atoms with Crippen LogP contribution in [-0.2, 0) is 6.54 Å². The molecular formula is C12H12N2O2S. The number of aryl methyl sites for hydroxylation is 1. The summed E-state index contributed by atoms with van der Waals surface area (Å²) in [6.45, 7) is 2.71. The lowest BCUT2D eigenvalue weighted by molar-refractivity contribution is 0.0697. The number of rotatable bonds is 4. The summed E-state index contributed by atoms with van der Waals surface area (Å²) in [5.74, 6) is -0.363. The van der Waals surface area contributed by atoms with E-state index in [2.05, 4.69) is 23.3 Å². The van der Waals surface area contributed by atoms with Gasteiger partial charge in [0.25, 0.3) is 0 Å². The van der Waals surface area contributed by atoms with Crippen LogP contribution in [0, 0.1) is 6.92 Å². The van der Waals surface area contributed by atoms with E-state index < -0.39 is 5.97 Å². The molecule has 0 unspecified atom stereocenters. The lowest BCUT2D eigenvalue weighted by Crippen LogP contribution is -2.02. The molecule has 0 aliphatic carbocycles. The minimum absolute atomic E-state index is 0.241. The van der Waals surface area contributed by atoms with Crippen LogP contribution < -0.4 is 5.32 Å². The van der Waals surface area contributed by atoms with Crippen molar-refractivity contribution in [2.45, 2.75) is 13.5 Å². The minimum atomic E-state index is -0.942. The van der Waals surface area contributed by atoms with E-state index in [9.17, 15) is 4.79 Å². The number of hydrogen-bond donors (Lipinski definition) is 2. The van der Waals surface area contributed by atoms with Crippen LogP contribution in [-0.4, -0.2) is 16.1 Å². The van der Waals surface area contributed by atoms with Gasteiger partial charge in [-0.1, -0.05) is 0 Å². The maximum absolute atomic E-state index is 10.8. The molecule has 0 saturated heterocycles. The number of carboxylic acids is 1. The molecule has 0 atom stereocenters. The average Bonchev–Trinajstić information content (AvgIpc) is 2.73. The fourth-order valence-electron chi connectivity index (χ4n) is 1.42. The molecule has 2 aromatic rings. The number of nitrogens with zero attached hydrogens (tertiary/aromatic N) is 1. The van der Waals surface area contributed by atoms with Crippen molar-refractivity contribution in [3.63, 3.8) is 0 Å². The molecule has 0 bridgehead atoms. The van der Waals surface area contributed by atoms with E-state index in [1.54, 1.807) is 11.3 Å². The highest BCUT2D eigenvalue weighted by atomic mass is 32.1. The summed E-state index contributed by atoms with van der Waals surface area (Å²) in [5.41, 5.74) is 0.241. The quantitative estimate of drug-likeness (QED) is 0.873. The Morgan fingerprint density at radius 3 is 2.94 bits per heavy atom. The van der Waals surface area contributed by atoms with E-state index in [0.717, 1.165) is 0 Å². The Balaban J connectivity index is 2.04. The first kappa shape index (κ1) is 11.6. The van der Waals surface area contributed by atoms with Gasteiger partial charge in [0.05, 0.1) is 12.1 Å². The maximum Gasteiger partial charge on any atom is 0.335 e. The second-order valence-corrected chi connectivity index (χ2v) is 4.97. The second kappa shape index (κ2) is 4.97. The number of pyridine rings is 1.